The predicted molar refractivity (Wildman–Crippen MR) is 123 cm³/mol. The number of pyridine rings is 1. The van der Waals surface area contributed by atoms with Gasteiger partial charge in [-0.05, 0) is 50.2 Å². The zero-order valence-electron chi connectivity index (χ0n) is 18.1. The van der Waals surface area contributed by atoms with E-state index in [-0.39, 0.29) is 47.3 Å². The van der Waals surface area contributed by atoms with Crippen molar-refractivity contribution in [1.29, 1.82) is 0 Å². The first-order valence-corrected chi connectivity index (χ1v) is 12.7. The number of hydrogen-bond donors (Lipinski definition) is 0. The molecule has 0 amide bonds. The fourth-order valence-corrected chi connectivity index (χ4v) is 2.94. The molecule has 3 nitrogen and oxygen atoms in total. The van der Waals surface area contributed by atoms with Crippen LogP contribution >= 0.6 is 20.2 Å². The average Bonchev–Trinajstić information content (AvgIpc) is 2.79. The van der Waals surface area contributed by atoms with Crippen molar-refractivity contribution in [2.24, 2.45) is 9.98 Å². The molecule has 12 heteroatoms. The Kier molecular flexibility index (Phi) is 10.3. The van der Waals surface area contributed by atoms with Gasteiger partial charge in [-0.15, -0.1) is 0 Å². The summed E-state index contributed by atoms with van der Waals surface area (Å²) in [6, 6.07) is 14.5. The third kappa shape index (κ3) is 8.35. The number of aromatic nitrogens is 1. The Morgan fingerprint density at radius 3 is 1.34 bits per heavy atom. The summed E-state index contributed by atoms with van der Waals surface area (Å²) in [5, 5.41) is 0. The molecule has 1 aromatic heterocycles. The third-order valence-corrected chi connectivity index (χ3v) is 4.49. The molecule has 0 fully saturated rings. The summed E-state index contributed by atoms with van der Waals surface area (Å²) in [6.45, 7) is 3.01. The van der Waals surface area contributed by atoms with E-state index in [1.165, 1.54) is 50.2 Å². The van der Waals surface area contributed by atoms with E-state index in [0.29, 0.717) is 0 Å². The van der Waals surface area contributed by atoms with E-state index in [1.807, 2.05) is 0 Å². The Hall–Kier alpha value is -2.39. The molecule has 3 aromatic rings. The van der Waals surface area contributed by atoms with Gasteiger partial charge in [-0.3, -0.25) is 9.98 Å². The number of benzene rings is 2. The summed E-state index contributed by atoms with van der Waals surface area (Å²) >= 11 is 0.194. The molecule has 2 aromatic carbocycles. The number of alkyl halides is 6. The Labute approximate surface area is 212 Å². The number of aliphatic imine (C=N–C) groups is 2. The number of nitrogens with zero attached hydrogens (tertiary/aromatic N) is 3. The van der Waals surface area contributed by atoms with E-state index in [4.69, 9.17) is 20.2 Å². The molecule has 0 saturated carbocycles. The second-order valence-corrected chi connectivity index (χ2v) is 8.71. The van der Waals surface area contributed by atoms with Gasteiger partial charge in [0.1, 0.15) is 0 Å². The van der Waals surface area contributed by atoms with Crippen molar-refractivity contribution in [3.63, 3.8) is 0 Å². The van der Waals surface area contributed by atoms with Crippen LogP contribution in [-0.2, 0) is 25.5 Å². The SMILES string of the molecule is CC(=Nc1ccccc1C(F)(F)F)c1cccc(C(C)=Nc2ccccc2C(F)(F)F)n1.[Cl][Fe][Cl]. The van der Waals surface area contributed by atoms with Crippen LogP contribution in [0.15, 0.2) is 76.7 Å². The molecular weight excluding hydrogens is 559 g/mol. The van der Waals surface area contributed by atoms with Gasteiger partial charge >= 0.3 is 45.7 Å². The van der Waals surface area contributed by atoms with Gasteiger partial charge in [0.15, 0.2) is 0 Å². The molecule has 0 unspecified atom stereocenters. The topological polar surface area (TPSA) is 37.6 Å². The van der Waals surface area contributed by atoms with Crippen LogP contribution in [0, 0.1) is 0 Å². The standard InChI is InChI=1S/C23H17F6N3.2ClH.Fe/c1-14(30-20-10-5-3-8-16(20)22(24,25)26)18-12-7-13-19(32-18)15(2)31-21-11-6-4-9-17(21)23(27,28)29;;;/h3-13H,1-2H3;2*1H;/q;;;+2/p-2. The normalized spacial score (nSPS) is 12.9. The summed E-state index contributed by atoms with van der Waals surface area (Å²) in [7, 11) is 9.53. The van der Waals surface area contributed by atoms with Crippen molar-refractivity contribution in [2.45, 2.75) is 26.2 Å². The monoisotopic (exact) mass is 575 g/mol. The van der Waals surface area contributed by atoms with Crippen LogP contribution < -0.4 is 0 Å². The van der Waals surface area contributed by atoms with Gasteiger partial charge in [-0.1, -0.05) is 30.3 Å². The van der Waals surface area contributed by atoms with E-state index in [2.05, 4.69) is 15.0 Å². The Bertz CT molecular complexity index is 1120. The third-order valence-electron chi connectivity index (χ3n) is 4.49. The number of para-hydroxylation sites is 2. The van der Waals surface area contributed by atoms with Gasteiger partial charge in [0.05, 0.1) is 45.3 Å². The molecule has 3 rings (SSSR count). The first-order chi connectivity index (χ1) is 16.4. The van der Waals surface area contributed by atoms with Gasteiger partial charge in [0.2, 0.25) is 0 Å². The van der Waals surface area contributed by atoms with Crippen molar-refractivity contribution in [3.8, 4) is 0 Å². The second-order valence-electron chi connectivity index (χ2n) is 6.88. The summed E-state index contributed by atoms with van der Waals surface area (Å²) in [5.74, 6) is 0. The molecule has 35 heavy (non-hydrogen) atoms. The van der Waals surface area contributed by atoms with Crippen LogP contribution in [0.1, 0.15) is 36.4 Å². The molecule has 0 aliphatic rings. The minimum absolute atomic E-state index is 0.194. The number of hydrogen-bond acceptors (Lipinski definition) is 3. The van der Waals surface area contributed by atoms with Gasteiger partial charge in [0, 0.05) is 0 Å². The quantitative estimate of drug-likeness (QED) is 0.174. The maximum atomic E-state index is 13.2. The van der Waals surface area contributed by atoms with Crippen molar-refractivity contribution in [2.75, 3.05) is 0 Å². The van der Waals surface area contributed by atoms with E-state index in [0.717, 1.165) is 12.1 Å². The number of rotatable bonds is 4. The minimum atomic E-state index is -4.56. The van der Waals surface area contributed by atoms with Gasteiger partial charge < -0.3 is 0 Å². The molecule has 188 valence electrons. The van der Waals surface area contributed by atoms with Crippen LogP contribution in [0.4, 0.5) is 37.7 Å². The van der Waals surface area contributed by atoms with Crippen molar-refractivity contribution >= 4 is 43.0 Å². The van der Waals surface area contributed by atoms with Gasteiger partial charge in [-0.2, -0.15) is 26.3 Å². The summed E-state index contributed by atoms with van der Waals surface area (Å²) < 4.78 is 79.3. The van der Waals surface area contributed by atoms with Crippen molar-refractivity contribution in [3.05, 3.63) is 89.2 Å². The van der Waals surface area contributed by atoms with Gasteiger partial charge in [-0.25, -0.2) is 4.98 Å². The average molecular weight is 576 g/mol. The molecular formula is C23H17Cl2F6FeN3. The summed E-state index contributed by atoms with van der Waals surface area (Å²) in [5.41, 5.74) is -1.28. The predicted octanol–water partition coefficient (Wildman–Crippen LogP) is 8.78. The van der Waals surface area contributed by atoms with E-state index in [1.54, 1.807) is 18.2 Å². The van der Waals surface area contributed by atoms with E-state index >= 15 is 0 Å². The molecule has 0 N–H and O–H groups in total. The fraction of sp³-hybridized carbons (Fsp3) is 0.174. The maximum absolute atomic E-state index is 13.2. The van der Waals surface area contributed by atoms with E-state index < -0.39 is 23.5 Å². The van der Waals surface area contributed by atoms with Crippen LogP contribution in [-0.4, -0.2) is 16.4 Å². The van der Waals surface area contributed by atoms with Gasteiger partial charge in [0.25, 0.3) is 0 Å². The zero-order valence-corrected chi connectivity index (χ0v) is 20.7. The van der Waals surface area contributed by atoms with Crippen molar-refractivity contribution in [1.82, 2.24) is 4.98 Å². The Balaban J connectivity index is 0.00000137. The van der Waals surface area contributed by atoms with Crippen LogP contribution in [0.5, 0.6) is 0 Å². The first kappa shape index (κ1) is 28.8. The van der Waals surface area contributed by atoms with Crippen molar-refractivity contribution < 1.29 is 39.5 Å². The zero-order chi connectivity index (χ0) is 26.2. The molecule has 1 heterocycles. The van der Waals surface area contributed by atoms with Crippen LogP contribution in [0.3, 0.4) is 0 Å². The molecule has 0 atom stereocenters. The summed E-state index contributed by atoms with van der Waals surface area (Å²) in [6.07, 6.45) is -9.13. The molecule has 0 aliphatic heterocycles. The molecule has 0 saturated heterocycles. The fourth-order valence-electron chi connectivity index (χ4n) is 2.94. The van der Waals surface area contributed by atoms with Crippen LogP contribution in [0.2, 0.25) is 0 Å². The number of halogens is 8. The Morgan fingerprint density at radius 1 is 0.657 bits per heavy atom. The van der Waals surface area contributed by atoms with E-state index in [9.17, 15) is 26.3 Å². The first-order valence-electron chi connectivity index (χ1n) is 9.64. The molecule has 0 radical (unpaired) electrons. The second kappa shape index (κ2) is 12.5. The Morgan fingerprint density at radius 2 is 1.00 bits per heavy atom. The molecule has 0 aliphatic carbocycles. The van der Waals surface area contributed by atoms with Crippen LogP contribution in [0.25, 0.3) is 0 Å². The summed E-state index contributed by atoms with van der Waals surface area (Å²) in [4.78, 5) is 12.5. The molecule has 0 bridgehead atoms. The molecule has 0 spiro atoms.